The summed E-state index contributed by atoms with van der Waals surface area (Å²) in [5.74, 6) is 0.803. The molecule has 2 amide bonds. The molecule has 4 rings (SSSR count). The van der Waals surface area contributed by atoms with Crippen molar-refractivity contribution in [2.75, 3.05) is 32.7 Å². The summed E-state index contributed by atoms with van der Waals surface area (Å²) in [6, 6.07) is 18.0. The van der Waals surface area contributed by atoms with Crippen LogP contribution in [0, 0.1) is 0 Å². The first kappa shape index (κ1) is 21.1. The van der Waals surface area contributed by atoms with Crippen molar-refractivity contribution in [1.82, 2.24) is 9.80 Å². The standard InChI is InChI=1S/C24H25N3O3S/c25-23(28)18-3-7-20(8-4-18)30-21-9-5-19(6-10-21)24(29)27-15-13-26(14-16-27)12-11-22-2-1-17-31-22/h1-10,17H,11-16H2,(H2,25,28). The molecule has 0 spiro atoms. The van der Waals surface area contributed by atoms with E-state index >= 15 is 0 Å². The third-order valence-corrected chi connectivity index (χ3v) is 6.33. The second kappa shape index (κ2) is 9.76. The number of rotatable bonds is 7. The van der Waals surface area contributed by atoms with Crippen LogP contribution in [0.3, 0.4) is 0 Å². The fraction of sp³-hybridized carbons (Fsp3) is 0.250. The molecule has 1 aliphatic rings. The SMILES string of the molecule is NC(=O)c1ccc(Oc2ccc(C(=O)N3CCN(CCc4cccs4)CC3)cc2)cc1. The number of hydrogen-bond acceptors (Lipinski definition) is 5. The molecule has 1 aromatic heterocycles. The maximum absolute atomic E-state index is 12.8. The second-order valence-corrected chi connectivity index (χ2v) is 8.51. The first-order chi connectivity index (χ1) is 15.1. The van der Waals surface area contributed by atoms with Gasteiger partial charge >= 0.3 is 0 Å². The highest BCUT2D eigenvalue weighted by Crippen LogP contribution is 2.23. The summed E-state index contributed by atoms with van der Waals surface area (Å²) >= 11 is 1.80. The molecule has 3 aromatic rings. The Kier molecular flexibility index (Phi) is 6.64. The Labute approximate surface area is 185 Å². The van der Waals surface area contributed by atoms with Gasteiger partial charge in [-0.15, -0.1) is 11.3 Å². The molecule has 2 aromatic carbocycles. The zero-order valence-corrected chi connectivity index (χ0v) is 18.0. The van der Waals surface area contributed by atoms with Gasteiger partial charge in [0.25, 0.3) is 5.91 Å². The lowest BCUT2D eigenvalue weighted by Gasteiger charge is -2.34. The van der Waals surface area contributed by atoms with E-state index in [0.29, 0.717) is 22.6 Å². The molecular weight excluding hydrogens is 410 g/mol. The van der Waals surface area contributed by atoms with Gasteiger partial charge in [0.2, 0.25) is 5.91 Å². The van der Waals surface area contributed by atoms with Crippen molar-refractivity contribution in [3.63, 3.8) is 0 Å². The molecule has 1 aliphatic heterocycles. The lowest BCUT2D eigenvalue weighted by Crippen LogP contribution is -2.49. The largest absolute Gasteiger partial charge is 0.457 e. The van der Waals surface area contributed by atoms with E-state index in [1.807, 2.05) is 4.90 Å². The van der Waals surface area contributed by atoms with Crippen molar-refractivity contribution < 1.29 is 14.3 Å². The number of carbonyl (C=O) groups excluding carboxylic acids is 2. The molecule has 0 atom stereocenters. The van der Waals surface area contributed by atoms with Gasteiger partial charge in [-0.05, 0) is 66.4 Å². The molecule has 1 fully saturated rings. The van der Waals surface area contributed by atoms with Gasteiger partial charge in [0.1, 0.15) is 11.5 Å². The van der Waals surface area contributed by atoms with E-state index in [2.05, 4.69) is 22.4 Å². The summed E-state index contributed by atoms with van der Waals surface area (Å²) in [7, 11) is 0. The van der Waals surface area contributed by atoms with Crippen molar-refractivity contribution in [3.8, 4) is 11.5 Å². The predicted molar refractivity (Wildman–Crippen MR) is 122 cm³/mol. The van der Waals surface area contributed by atoms with Crippen LogP contribution in [-0.2, 0) is 6.42 Å². The molecule has 31 heavy (non-hydrogen) atoms. The van der Waals surface area contributed by atoms with Gasteiger partial charge in [-0.1, -0.05) is 6.07 Å². The molecule has 1 saturated heterocycles. The third kappa shape index (κ3) is 5.51. The van der Waals surface area contributed by atoms with Gasteiger partial charge in [-0.25, -0.2) is 0 Å². The number of carbonyl (C=O) groups is 2. The lowest BCUT2D eigenvalue weighted by atomic mass is 10.1. The number of hydrogen-bond donors (Lipinski definition) is 1. The monoisotopic (exact) mass is 435 g/mol. The van der Waals surface area contributed by atoms with Crippen molar-refractivity contribution in [2.45, 2.75) is 6.42 Å². The zero-order chi connectivity index (χ0) is 21.6. The minimum absolute atomic E-state index is 0.0512. The summed E-state index contributed by atoms with van der Waals surface area (Å²) in [5.41, 5.74) is 6.33. The van der Waals surface area contributed by atoms with E-state index < -0.39 is 5.91 Å². The topological polar surface area (TPSA) is 75.9 Å². The third-order valence-electron chi connectivity index (χ3n) is 5.39. The van der Waals surface area contributed by atoms with E-state index in [9.17, 15) is 9.59 Å². The molecular formula is C24H25N3O3S. The van der Waals surface area contributed by atoms with Crippen LogP contribution < -0.4 is 10.5 Å². The van der Waals surface area contributed by atoms with Gasteiger partial charge in [0.05, 0.1) is 0 Å². The quantitative estimate of drug-likeness (QED) is 0.615. The van der Waals surface area contributed by atoms with Gasteiger partial charge in [-0.3, -0.25) is 14.5 Å². The fourth-order valence-electron chi connectivity index (χ4n) is 3.57. The molecule has 0 aliphatic carbocycles. The molecule has 2 heterocycles. The maximum atomic E-state index is 12.8. The molecule has 160 valence electrons. The summed E-state index contributed by atoms with van der Waals surface area (Å²) in [6.45, 7) is 4.33. The molecule has 0 radical (unpaired) electrons. The van der Waals surface area contributed by atoms with Crippen molar-refractivity contribution >= 4 is 23.2 Å². The highest BCUT2D eigenvalue weighted by molar-refractivity contribution is 7.09. The predicted octanol–water partition coefficient (Wildman–Crippen LogP) is 3.64. The lowest BCUT2D eigenvalue weighted by molar-refractivity contribution is 0.0638. The molecule has 6 nitrogen and oxygen atoms in total. The summed E-state index contributed by atoms with van der Waals surface area (Å²) < 4.78 is 5.78. The maximum Gasteiger partial charge on any atom is 0.253 e. The highest BCUT2D eigenvalue weighted by atomic mass is 32.1. The number of benzene rings is 2. The van der Waals surface area contributed by atoms with Crippen molar-refractivity contribution in [2.24, 2.45) is 5.73 Å². The van der Waals surface area contributed by atoms with Gasteiger partial charge in [-0.2, -0.15) is 0 Å². The number of nitrogens with two attached hydrogens (primary N) is 1. The molecule has 0 saturated carbocycles. The van der Waals surface area contributed by atoms with Crippen LogP contribution in [0.25, 0.3) is 0 Å². The van der Waals surface area contributed by atoms with E-state index in [1.165, 1.54) is 4.88 Å². The average Bonchev–Trinajstić information content (AvgIpc) is 3.32. The molecule has 2 N–H and O–H groups in total. The molecule has 0 unspecified atom stereocenters. The van der Waals surface area contributed by atoms with Crippen LogP contribution in [0.5, 0.6) is 11.5 Å². The normalized spacial score (nSPS) is 14.4. The number of piperazine rings is 1. The van der Waals surface area contributed by atoms with Gasteiger partial charge in [0.15, 0.2) is 0 Å². The summed E-state index contributed by atoms with van der Waals surface area (Å²) in [6.07, 6.45) is 1.07. The van der Waals surface area contributed by atoms with E-state index in [1.54, 1.807) is 59.9 Å². The fourth-order valence-corrected chi connectivity index (χ4v) is 4.27. The van der Waals surface area contributed by atoms with Gasteiger partial charge < -0.3 is 15.4 Å². The van der Waals surface area contributed by atoms with E-state index in [-0.39, 0.29) is 5.91 Å². The van der Waals surface area contributed by atoms with Crippen LogP contribution >= 0.6 is 11.3 Å². The molecule has 0 bridgehead atoms. The minimum Gasteiger partial charge on any atom is -0.457 e. The second-order valence-electron chi connectivity index (χ2n) is 7.48. The zero-order valence-electron chi connectivity index (χ0n) is 17.2. The first-order valence-corrected chi connectivity index (χ1v) is 11.2. The van der Waals surface area contributed by atoms with Crippen molar-refractivity contribution in [3.05, 3.63) is 82.0 Å². The van der Waals surface area contributed by atoms with Crippen LogP contribution in [0.4, 0.5) is 0 Å². The minimum atomic E-state index is -0.474. The Morgan fingerprint density at radius 3 is 2.03 bits per heavy atom. The summed E-state index contributed by atoms with van der Waals surface area (Å²) in [5, 5.41) is 2.11. The van der Waals surface area contributed by atoms with Gasteiger partial charge in [0, 0.05) is 48.7 Å². The van der Waals surface area contributed by atoms with E-state index in [4.69, 9.17) is 10.5 Å². The Bertz CT molecular complexity index is 1010. The number of primary amides is 1. The average molecular weight is 436 g/mol. The number of nitrogens with zero attached hydrogens (tertiary/aromatic N) is 2. The Morgan fingerprint density at radius 1 is 0.871 bits per heavy atom. The Balaban J connectivity index is 1.27. The number of amides is 2. The smallest absolute Gasteiger partial charge is 0.253 e. The number of thiophene rings is 1. The van der Waals surface area contributed by atoms with Crippen LogP contribution in [-0.4, -0.2) is 54.3 Å². The van der Waals surface area contributed by atoms with Crippen molar-refractivity contribution in [1.29, 1.82) is 0 Å². The van der Waals surface area contributed by atoms with Crippen LogP contribution in [0.15, 0.2) is 66.0 Å². The van der Waals surface area contributed by atoms with Crippen LogP contribution in [0.1, 0.15) is 25.6 Å². The van der Waals surface area contributed by atoms with E-state index in [0.717, 1.165) is 39.1 Å². The Hall–Kier alpha value is -3.16. The molecule has 7 heteroatoms. The Morgan fingerprint density at radius 2 is 1.48 bits per heavy atom. The summed E-state index contributed by atoms with van der Waals surface area (Å²) in [4.78, 5) is 29.7. The number of ether oxygens (including phenoxy) is 1. The highest BCUT2D eigenvalue weighted by Gasteiger charge is 2.22. The van der Waals surface area contributed by atoms with Crippen LogP contribution in [0.2, 0.25) is 0 Å². The first-order valence-electron chi connectivity index (χ1n) is 10.3.